The molecule has 1 aliphatic carbocycles. The molecule has 2 N–H and O–H groups in total. The van der Waals surface area contributed by atoms with E-state index >= 15 is 0 Å². The van der Waals surface area contributed by atoms with Crippen LogP contribution in [0.5, 0.6) is 0 Å². The van der Waals surface area contributed by atoms with Crippen LogP contribution in [0.1, 0.15) is 42.9 Å². The van der Waals surface area contributed by atoms with E-state index in [0.717, 1.165) is 41.6 Å². The smallest absolute Gasteiger partial charge is 0.191 e. The van der Waals surface area contributed by atoms with Crippen molar-refractivity contribution in [2.24, 2.45) is 4.99 Å². The highest BCUT2D eigenvalue weighted by Crippen LogP contribution is 2.48. The van der Waals surface area contributed by atoms with Gasteiger partial charge in [-0.2, -0.15) is 0 Å². The Kier molecular flexibility index (Phi) is 6.78. The first-order valence-electron chi connectivity index (χ1n) is 9.32. The summed E-state index contributed by atoms with van der Waals surface area (Å²) >= 11 is 3.58. The number of hydrogen-bond donors (Lipinski definition) is 2. The normalized spacial score (nSPS) is 17.6. The number of guanidine groups is 1. The molecule has 27 heavy (non-hydrogen) atoms. The highest BCUT2D eigenvalue weighted by atomic mass is 127. The molecule has 1 aromatic carbocycles. The highest BCUT2D eigenvalue weighted by Gasteiger charge is 2.44. The van der Waals surface area contributed by atoms with Crippen LogP contribution in [-0.2, 0) is 24.9 Å². The van der Waals surface area contributed by atoms with Gasteiger partial charge in [0, 0.05) is 36.4 Å². The fraction of sp³-hybridized carbons (Fsp3) is 0.526. The van der Waals surface area contributed by atoms with E-state index < -0.39 is 0 Å². The zero-order valence-electron chi connectivity index (χ0n) is 15.5. The lowest BCUT2D eigenvalue weighted by Gasteiger charge is -2.20. The monoisotopic (exact) mass is 544 g/mol. The molecule has 1 saturated carbocycles. The van der Waals surface area contributed by atoms with E-state index in [0.29, 0.717) is 6.54 Å². The van der Waals surface area contributed by atoms with Gasteiger partial charge in [-0.3, -0.25) is 4.99 Å². The fourth-order valence-electron chi connectivity index (χ4n) is 3.67. The van der Waals surface area contributed by atoms with Crippen molar-refractivity contribution in [1.29, 1.82) is 0 Å². The molecule has 6 nitrogen and oxygen atoms in total. The van der Waals surface area contributed by atoms with E-state index in [1.165, 1.54) is 31.2 Å². The summed E-state index contributed by atoms with van der Waals surface area (Å²) in [7, 11) is 1.81. The Bertz CT molecular complexity index is 814. The van der Waals surface area contributed by atoms with Crippen molar-refractivity contribution in [3.63, 3.8) is 0 Å². The molecule has 0 bridgehead atoms. The van der Waals surface area contributed by atoms with Gasteiger partial charge in [0.25, 0.3) is 0 Å². The van der Waals surface area contributed by atoms with Crippen molar-refractivity contribution in [3.8, 4) is 0 Å². The molecule has 1 aromatic heterocycles. The number of rotatable bonds is 5. The van der Waals surface area contributed by atoms with Crippen LogP contribution in [0.3, 0.4) is 0 Å². The number of nitrogens with zero attached hydrogens (tertiary/aromatic N) is 4. The Morgan fingerprint density at radius 2 is 2.11 bits per heavy atom. The lowest BCUT2D eigenvalue weighted by molar-refractivity contribution is 0.504. The quantitative estimate of drug-likeness (QED) is 0.344. The van der Waals surface area contributed by atoms with Gasteiger partial charge in [0.1, 0.15) is 5.82 Å². The van der Waals surface area contributed by atoms with Crippen LogP contribution in [0.4, 0.5) is 0 Å². The fourth-order valence-corrected chi connectivity index (χ4v) is 4.07. The van der Waals surface area contributed by atoms with Gasteiger partial charge in [-0.05, 0) is 43.4 Å². The Balaban J connectivity index is 0.00000210. The third-order valence-electron chi connectivity index (χ3n) is 5.46. The number of aromatic nitrogens is 3. The molecule has 0 atom stereocenters. The Morgan fingerprint density at radius 3 is 2.85 bits per heavy atom. The molecule has 0 saturated heterocycles. The lowest BCUT2D eigenvalue weighted by Crippen LogP contribution is -2.41. The van der Waals surface area contributed by atoms with Crippen molar-refractivity contribution in [2.75, 3.05) is 13.6 Å². The van der Waals surface area contributed by atoms with E-state index in [2.05, 4.69) is 70.6 Å². The van der Waals surface area contributed by atoms with Crippen LogP contribution >= 0.6 is 39.9 Å². The largest absolute Gasteiger partial charge is 0.356 e. The second-order valence-electron chi connectivity index (χ2n) is 7.21. The molecule has 4 rings (SSSR count). The van der Waals surface area contributed by atoms with Crippen LogP contribution in [0, 0.1) is 0 Å². The Morgan fingerprint density at radius 1 is 1.26 bits per heavy atom. The summed E-state index contributed by atoms with van der Waals surface area (Å²) in [5, 5.41) is 15.5. The summed E-state index contributed by atoms with van der Waals surface area (Å²) in [6.07, 6.45) is 5.89. The predicted molar refractivity (Wildman–Crippen MR) is 122 cm³/mol. The molecule has 146 valence electrons. The summed E-state index contributed by atoms with van der Waals surface area (Å²) in [6, 6.07) is 8.64. The molecule has 0 amide bonds. The third-order valence-corrected chi connectivity index (χ3v) is 5.95. The van der Waals surface area contributed by atoms with Gasteiger partial charge < -0.3 is 15.2 Å². The minimum atomic E-state index is 0. The molecule has 0 spiro atoms. The minimum absolute atomic E-state index is 0. The lowest BCUT2D eigenvalue weighted by atomic mass is 9.96. The van der Waals surface area contributed by atoms with Crippen molar-refractivity contribution in [2.45, 2.75) is 50.6 Å². The number of hydrogen-bond acceptors (Lipinski definition) is 3. The highest BCUT2D eigenvalue weighted by molar-refractivity contribution is 14.0. The van der Waals surface area contributed by atoms with E-state index in [-0.39, 0.29) is 29.4 Å². The van der Waals surface area contributed by atoms with E-state index in [1.54, 1.807) is 0 Å². The molecule has 1 fully saturated rings. The molecule has 8 heteroatoms. The summed E-state index contributed by atoms with van der Waals surface area (Å²) < 4.78 is 3.38. The van der Waals surface area contributed by atoms with Crippen LogP contribution in [0.15, 0.2) is 33.7 Å². The van der Waals surface area contributed by atoms with Crippen LogP contribution in [-0.4, -0.2) is 34.3 Å². The van der Waals surface area contributed by atoms with Crippen molar-refractivity contribution in [3.05, 3.63) is 46.0 Å². The molecule has 1 aliphatic heterocycles. The topological polar surface area (TPSA) is 67.1 Å². The summed E-state index contributed by atoms with van der Waals surface area (Å²) in [6.45, 7) is 2.56. The van der Waals surface area contributed by atoms with Gasteiger partial charge in [0.2, 0.25) is 0 Å². The first-order valence-corrected chi connectivity index (χ1v) is 10.1. The number of fused-ring (bicyclic) bond motifs is 1. The van der Waals surface area contributed by atoms with Gasteiger partial charge in [-0.1, -0.05) is 28.1 Å². The average Bonchev–Trinajstić information content (AvgIpc) is 3.35. The van der Waals surface area contributed by atoms with Crippen LogP contribution in [0.2, 0.25) is 0 Å². The number of halogens is 2. The molecule has 2 heterocycles. The zero-order chi connectivity index (χ0) is 18.0. The van der Waals surface area contributed by atoms with Gasteiger partial charge in [0.15, 0.2) is 11.8 Å². The summed E-state index contributed by atoms with van der Waals surface area (Å²) in [4.78, 5) is 4.37. The Labute approximate surface area is 185 Å². The third kappa shape index (κ3) is 4.64. The molecule has 0 radical (unpaired) electrons. The number of benzene rings is 1. The molecular weight excluding hydrogens is 519 g/mol. The van der Waals surface area contributed by atoms with E-state index in [1.807, 2.05) is 7.05 Å². The van der Waals surface area contributed by atoms with Crippen LogP contribution in [0.25, 0.3) is 0 Å². The predicted octanol–water partition coefficient (Wildman–Crippen LogP) is 3.39. The summed E-state index contributed by atoms with van der Waals surface area (Å²) in [5.41, 5.74) is 1.62. The second-order valence-corrected chi connectivity index (χ2v) is 8.13. The standard InChI is InChI=1S/C19H25BrN6.HI/c1-21-18(22-12-17-25-24-16-7-2-3-10-26(16)17)23-13-19(8-9-19)14-5-4-6-15(20)11-14;/h4-6,11H,2-3,7-10,12-13H2,1H3,(H2,21,22,23);1H. The molecule has 2 aliphatic rings. The van der Waals surface area contributed by atoms with E-state index in [4.69, 9.17) is 0 Å². The van der Waals surface area contributed by atoms with Crippen molar-refractivity contribution >= 4 is 45.9 Å². The first-order chi connectivity index (χ1) is 12.7. The number of aliphatic imine (C=N–C) groups is 1. The molecule has 0 unspecified atom stereocenters. The minimum Gasteiger partial charge on any atom is -0.356 e. The van der Waals surface area contributed by atoms with Gasteiger partial charge in [-0.15, -0.1) is 34.2 Å². The van der Waals surface area contributed by atoms with Gasteiger partial charge in [-0.25, -0.2) is 0 Å². The maximum atomic E-state index is 4.37. The average molecular weight is 545 g/mol. The second kappa shape index (κ2) is 8.89. The zero-order valence-corrected chi connectivity index (χ0v) is 19.5. The van der Waals surface area contributed by atoms with Crippen molar-refractivity contribution < 1.29 is 0 Å². The van der Waals surface area contributed by atoms with Gasteiger partial charge in [0.05, 0.1) is 6.54 Å². The maximum Gasteiger partial charge on any atom is 0.191 e. The van der Waals surface area contributed by atoms with Gasteiger partial charge >= 0.3 is 0 Å². The number of aryl methyl sites for hydroxylation is 1. The molecular formula is C19H26BrIN6. The molecule has 2 aromatic rings. The summed E-state index contributed by atoms with van der Waals surface area (Å²) in [5.74, 6) is 2.93. The maximum absolute atomic E-state index is 4.37. The van der Waals surface area contributed by atoms with Crippen LogP contribution < -0.4 is 10.6 Å². The van der Waals surface area contributed by atoms with E-state index in [9.17, 15) is 0 Å². The number of nitrogens with one attached hydrogen (secondary N) is 2. The Hall–Kier alpha value is -1.16. The first kappa shape index (κ1) is 20.6. The van der Waals surface area contributed by atoms with Crippen molar-refractivity contribution in [1.82, 2.24) is 25.4 Å². The SMILES string of the molecule is CN=C(NCc1nnc2n1CCCC2)NCC1(c2cccc(Br)c2)CC1.I.